The lowest BCUT2D eigenvalue weighted by molar-refractivity contribution is -0.121. The first-order valence-electron chi connectivity index (χ1n) is 5.21. The maximum atomic E-state index is 12.9. The molecular formula is C11H14F2N2OS. The highest BCUT2D eigenvalue weighted by Crippen LogP contribution is 2.21. The lowest BCUT2D eigenvalue weighted by atomic mass is 10.2. The minimum Gasteiger partial charge on any atom is -0.294 e. The van der Waals surface area contributed by atoms with E-state index in [9.17, 15) is 13.6 Å². The van der Waals surface area contributed by atoms with Crippen LogP contribution < -0.4 is 11.3 Å². The molecule has 0 aliphatic heterocycles. The van der Waals surface area contributed by atoms with E-state index < -0.39 is 11.6 Å². The Morgan fingerprint density at radius 3 is 2.71 bits per heavy atom. The van der Waals surface area contributed by atoms with E-state index in [4.69, 9.17) is 5.84 Å². The molecule has 0 atom stereocenters. The van der Waals surface area contributed by atoms with Crippen LogP contribution in [0.15, 0.2) is 23.1 Å². The van der Waals surface area contributed by atoms with Crippen LogP contribution in [0.5, 0.6) is 0 Å². The van der Waals surface area contributed by atoms with E-state index in [0.717, 1.165) is 24.7 Å². The average molecular weight is 260 g/mol. The number of nitrogens with two attached hydrogens (primary N) is 1. The van der Waals surface area contributed by atoms with E-state index in [2.05, 4.69) is 5.43 Å². The third-order valence-electron chi connectivity index (χ3n) is 2.12. The summed E-state index contributed by atoms with van der Waals surface area (Å²) >= 11 is 1.43. The summed E-state index contributed by atoms with van der Waals surface area (Å²) in [6, 6.07) is 3.82. The molecule has 3 nitrogen and oxygen atoms in total. The summed E-state index contributed by atoms with van der Waals surface area (Å²) in [4.78, 5) is 11.5. The fourth-order valence-corrected chi connectivity index (χ4v) is 2.15. The smallest absolute Gasteiger partial charge is 0.233 e. The van der Waals surface area contributed by atoms with Crippen molar-refractivity contribution in [1.29, 1.82) is 0 Å². The second-order valence-electron chi connectivity index (χ2n) is 3.45. The summed E-state index contributed by atoms with van der Waals surface area (Å²) in [6.07, 6.45) is 1.92. The molecule has 1 amide bonds. The van der Waals surface area contributed by atoms with Gasteiger partial charge in [-0.3, -0.25) is 10.2 Å². The Balaban J connectivity index is 2.22. The Hall–Kier alpha value is -1.14. The number of halogens is 2. The highest BCUT2D eigenvalue weighted by Gasteiger charge is 2.03. The Morgan fingerprint density at radius 2 is 2.06 bits per heavy atom. The Labute approximate surface area is 103 Å². The van der Waals surface area contributed by atoms with Gasteiger partial charge in [-0.15, -0.1) is 11.8 Å². The Bertz CT molecular complexity index is 388. The fourth-order valence-electron chi connectivity index (χ4n) is 1.22. The number of hydrogen-bond acceptors (Lipinski definition) is 3. The normalized spacial score (nSPS) is 10.3. The van der Waals surface area contributed by atoms with E-state index in [0.29, 0.717) is 11.3 Å². The summed E-state index contributed by atoms with van der Waals surface area (Å²) in [5, 5.41) is 0. The van der Waals surface area contributed by atoms with E-state index in [1.807, 2.05) is 0 Å². The molecule has 0 aliphatic rings. The quantitative estimate of drug-likeness (QED) is 0.271. The Kier molecular flexibility index (Phi) is 5.93. The van der Waals surface area contributed by atoms with E-state index >= 15 is 0 Å². The number of unbranched alkanes of at least 4 members (excludes halogenated alkanes) is 1. The monoisotopic (exact) mass is 260 g/mol. The molecule has 0 aliphatic carbocycles. The van der Waals surface area contributed by atoms with E-state index in [-0.39, 0.29) is 5.91 Å². The van der Waals surface area contributed by atoms with Crippen molar-refractivity contribution in [1.82, 2.24) is 5.43 Å². The Morgan fingerprint density at radius 1 is 1.29 bits per heavy atom. The first-order chi connectivity index (χ1) is 8.13. The van der Waals surface area contributed by atoms with Crippen molar-refractivity contribution in [3.63, 3.8) is 0 Å². The van der Waals surface area contributed by atoms with Gasteiger partial charge in [-0.1, -0.05) is 0 Å². The second-order valence-corrected chi connectivity index (χ2v) is 4.62. The van der Waals surface area contributed by atoms with Gasteiger partial charge in [0.2, 0.25) is 5.91 Å². The molecule has 0 radical (unpaired) electrons. The largest absolute Gasteiger partial charge is 0.294 e. The number of carbonyl (C=O) groups excluding carboxylic acids is 1. The molecule has 6 heteroatoms. The summed E-state index contributed by atoms with van der Waals surface area (Å²) in [7, 11) is 0. The maximum absolute atomic E-state index is 12.9. The van der Waals surface area contributed by atoms with Crippen molar-refractivity contribution in [3.8, 4) is 0 Å². The predicted molar refractivity (Wildman–Crippen MR) is 63.3 cm³/mol. The van der Waals surface area contributed by atoms with Crippen molar-refractivity contribution < 1.29 is 13.6 Å². The van der Waals surface area contributed by atoms with Gasteiger partial charge < -0.3 is 0 Å². The van der Waals surface area contributed by atoms with Gasteiger partial charge in [0, 0.05) is 11.3 Å². The van der Waals surface area contributed by atoms with Gasteiger partial charge in [-0.2, -0.15) is 0 Å². The van der Waals surface area contributed by atoms with Crippen LogP contribution in [0.2, 0.25) is 0 Å². The van der Waals surface area contributed by atoms with Crippen LogP contribution in [-0.2, 0) is 4.79 Å². The molecule has 1 rings (SSSR count). The summed E-state index contributed by atoms with van der Waals surface area (Å²) in [6.45, 7) is 0. The number of hydrogen-bond donors (Lipinski definition) is 2. The van der Waals surface area contributed by atoms with Gasteiger partial charge >= 0.3 is 0 Å². The molecule has 0 bridgehead atoms. The third kappa shape index (κ3) is 5.14. The number of hydrazine groups is 1. The number of nitrogens with one attached hydrogen (secondary N) is 1. The molecular weight excluding hydrogens is 246 g/mol. The SMILES string of the molecule is NNC(=O)CCCCSc1ccc(F)c(F)c1. The summed E-state index contributed by atoms with van der Waals surface area (Å²) in [5.74, 6) is 3.81. The van der Waals surface area contributed by atoms with Gasteiger partial charge in [0.25, 0.3) is 0 Å². The fraction of sp³-hybridized carbons (Fsp3) is 0.364. The molecule has 0 saturated heterocycles. The van der Waals surface area contributed by atoms with Crippen LogP contribution in [0.25, 0.3) is 0 Å². The highest BCUT2D eigenvalue weighted by atomic mass is 32.2. The number of thioether (sulfide) groups is 1. The predicted octanol–water partition coefficient (Wildman–Crippen LogP) is 2.22. The second kappa shape index (κ2) is 7.24. The lowest BCUT2D eigenvalue weighted by Crippen LogP contribution is -2.29. The van der Waals surface area contributed by atoms with Crippen LogP contribution >= 0.6 is 11.8 Å². The average Bonchev–Trinajstić information content (AvgIpc) is 2.33. The molecule has 3 N–H and O–H groups in total. The number of carbonyl (C=O) groups is 1. The number of amides is 1. The molecule has 0 spiro atoms. The standard InChI is InChI=1S/C11H14F2N2OS/c12-9-5-4-8(7-10(9)13)17-6-2-1-3-11(16)15-14/h4-5,7H,1-3,6,14H2,(H,15,16). The summed E-state index contributed by atoms with van der Waals surface area (Å²) < 4.78 is 25.5. The van der Waals surface area contributed by atoms with Gasteiger partial charge in [-0.05, 0) is 36.8 Å². The molecule has 0 aromatic heterocycles. The number of rotatable bonds is 6. The van der Waals surface area contributed by atoms with Crippen molar-refractivity contribution in [2.75, 3.05) is 5.75 Å². The van der Waals surface area contributed by atoms with Crippen LogP contribution in [-0.4, -0.2) is 11.7 Å². The van der Waals surface area contributed by atoms with Crippen LogP contribution in [0, 0.1) is 11.6 Å². The topological polar surface area (TPSA) is 55.1 Å². The van der Waals surface area contributed by atoms with Crippen molar-refractivity contribution in [2.45, 2.75) is 24.2 Å². The molecule has 94 valence electrons. The van der Waals surface area contributed by atoms with E-state index in [1.165, 1.54) is 23.9 Å². The zero-order valence-electron chi connectivity index (χ0n) is 9.21. The van der Waals surface area contributed by atoms with Gasteiger partial charge in [0.05, 0.1) is 0 Å². The summed E-state index contributed by atoms with van der Waals surface area (Å²) in [5.41, 5.74) is 2.05. The third-order valence-corrected chi connectivity index (χ3v) is 3.20. The minimum atomic E-state index is -0.839. The molecule has 0 heterocycles. The molecule has 1 aromatic carbocycles. The number of benzene rings is 1. The van der Waals surface area contributed by atoms with Crippen molar-refractivity contribution in [2.24, 2.45) is 5.84 Å². The molecule has 0 saturated carbocycles. The first-order valence-corrected chi connectivity index (χ1v) is 6.19. The lowest BCUT2D eigenvalue weighted by Gasteiger charge is -2.02. The van der Waals surface area contributed by atoms with Crippen LogP contribution in [0.4, 0.5) is 8.78 Å². The minimum absolute atomic E-state index is 0.192. The molecule has 0 unspecified atom stereocenters. The van der Waals surface area contributed by atoms with Crippen LogP contribution in [0.3, 0.4) is 0 Å². The molecule has 17 heavy (non-hydrogen) atoms. The zero-order valence-corrected chi connectivity index (χ0v) is 10.0. The molecule has 1 aromatic rings. The van der Waals surface area contributed by atoms with Gasteiger partial charge in [-0.25, -0.2) is 14.6 Å². The zero-order chi connectivity index (χ0) is 12.7. The van der Waals surface area contributed by atoms with Crippen LogP contribution in [0.1, 0.15) is 19.3 Å². The van der Waals surface area contributed by atoms with Gasteiger partial charge in [0.15, 0.2) is 11.6 Å². The van der Waals surface area contributed by atoms with Crippen molar-refractivity contribution in [3.05, 3.63) is 29.8 Å². The highest BCUT2D eigenvalue weighted by molar-refractivity contribution is 7.99. The first kappa shape index (κ1) is 13.9. The molecule has 0 fully saturated rings. The van der Waals surface area contributed by atoms with Gasteiger partial charge in [0.1, 0.15) is 0 Å². The van der Waals surface area contributed by atoms with Crippen molar-refractivity contribution >= 4 is 17.7 Å². The maximum Gasteiger partial charge on any atom is 0.233 e. The van der Waals surface area contributed by atoms with E-state index in [1.54, 1.807) is 0 Å².